The Balaban J connectivity index is 1.72. The van der Waals surface area contributed by atoms with Crippen molar-refractivity contribution in [2.45, 2.75) is 6.04 Å². The number of nitrogens with zero attached hydrogens (tertiary/aromatic N) is 1. The molecule has 2 aromatic carbocycles. The largest absolute Gasteiger partial charge is 0.324 e. The van der Waals surface area contributed by atoms with E-state index in [-0.39, 0.29) is 11.8 Å². The zero-order valence-corrected chi connectivity index (χ0v) is 15.2. The standard InChI is InChI=1S/C17H15IN2O2S/c18-13-6-8-14(9-7-13)19-16(21)15-10-23-11-20(15)17(22)12-4-2-1-3-5-12/h1-9,15H,10-11H2,(H,19,21)/t15-/m0/s1. The number of hydrogen-bond acceptors (Lipinski definition) is 3. The van der Waals surface area contributed by atoms with Gasteiger partial charge in [-0.2, -0.15) is 0 Å². The lowest BCUT2D eigenvalue weighted by molar-refractivity contribution is -0.119. The molecule has 4 nitrogen and oxygen atoms in total. The Morgan fingerprint density at radius 1 is 1.09 bits per heavy atom. The maximum absolute atomic E-state index is 12.6. The van der Waals surface area contributed by atoms with Crippen molar-refractivity contribution in [1.82, 2.24) is 4.90 Å². The molecular formula is C17H15IN2O2S. The third-order valence-corrected chi connectivity index (χ3v) is 5.31. The van der Waals surface area contributed by atoms with Crippen LogP contribution in [-0.2, 0) is 4.79 Å². The van der Waals surface area contributed by atoms with Crippen LogP contribution in [0.15, 0.2) is 54.6 Å². The highest BCUT2D eigenvalue weighted by Crippen LogP contribution is 2.24. The van der Waals surface area contributed by atoms with E-state index in [1.54, 1.807) is 28.8 Å². The summed E-state index contributed by atoms with van der Waals surface area (Å²) < 4.78 is 1.11. The Hall–Kier alpha value is -1.54. The monoisotopic (exact) mass is 438 g/mol. The third kappa shape index (κ3) is 3.87. The van der Waals surface area contributed by atoms with E-state index >= 15 is 0 Å². The summed E-state index contributed by atoms with van der Waals surface area (Å²) in [5.41, 5.74) is 1.36. The van der Waals surface area contributed by atoms with Gasteiger partial charge in [0.05, 0.1) is 5.88 Å². The van der Waals surface area contributed by atoms with E-state index in [4.69, 9.17) is 0 Å². The number of carbonyl (C=O) groups excluding carboxylic acids is 2. The lowest BCUT2D eigenvalue weighted by Gasteiger charge is -2.23. The van der Waals surface area contributed by atoms with Crippen molar-refractivity contribution >= 4 is 51.9 Å². The fraction of sp³-hybridized carbons (Fsp3) is 0.176. The van der Waals surface area contributed by atoms with Gasteiger partial charge in [-0.1, -0.05) is 18.2 Å². The second kappa shape index (κ2) is 7.35. The maximum Gasteiger partial charge on any atom is 0.255 e. The number of hydrogen-bond donors (Lipinski definition) is 1. The average molecular weight is 438 g/mol. The van der Waals surface area contributed by atoms with Crippen molar-refractivity contribution in [3.63, 3.8) is 0 Å². The molecule has 1 aliphatic heterocycles. The predicted octanol–water partition coefficient (Wildman–Crippen LogP) is 3.45. The maximum atomic E-state index is 12.6. The molecule has 0 spiro atoms. The number of anilines is 1. The molecule has 1 fully saturated rings. The quantitative estimate of drug-likeness (QED) is 0.748. The van der Waals surface area contributed by atoms with Gasteiger partial charge in [-0.15, -0.1) is 11.8 Å². The van der Waals surface area contributed by atoms with Crippen LogP contribution in [0.4, 0.5) is 5.69 Å². The Labute approximate surface area is 152 Å². The van der Waals surface area contributed by atoms with Crippen molar-refractivity contribution in [2.24, 2.45) is 0 Å². The normalized spacial score (nSPS) is 17.1. The molecule has 23 heavy (non-hydrogen) atoms. The Morgan fingerprint density at radius 2 is 1.78 bits per heavy atom. The van der Waals surface area contributed by atoms with Crippen LogP contribution in [-0.4, -0.2) is 34.4 Å². The van der Waals surface area contributed by atoms with E-state index in [0.29, 0.717) is 17.2 Å². The first kappa shape index (κ1) is 16.3. The fourth-order valence-electron chi connectivity index (χ4n) is 2.37. The van der Waals surface area contributed by atoms with Gasteiger partial charge in [0, 0.05) is 20.6 Å². The minimum atomic E-state index is -0.438. The summed E-state index contributed by atoms with van der Waals surface area (Å²) in [5.74, 6) is 0.923. The van der Waals surface area contributed by atoms with Gasteiger partial charge in [-0.05, 0) is 59.0 Å². The van der Waals surface area contributed by atoms with Crippen molar-refractivity contribution < 1.29 is 9.59 Å². The van der Waals surface area contributed by atoms with Gasteiger partial charge < -0.3 is 10.2 Å². The topological polar surface area (TPSA) is 49.4 Å². The molecule has 118 valence electrons. The molecule has 0 aliphatic carbocycles. The predicted molar refractivity (Wildman–Crippen MR) is 102 cm³/mol. The van der Waals surface area contributed by atoms with Crippen LogP contribution in [0.3, 0.4) is 0 Å². The number of benzene rings is 2. The van der Waals surface area contributed by atoms with Crippen molar-refractivity contribution in [3.05, 3.63) is 63.7 Å². The van der Waals surface area contributed by atoms with E-state index in [1.807, 2.05) is 42.5 Å². The molecule has 2 amide bonds. The summed E-state index contributed by atoms with van der Waals surface area (Å²) in [5, 5.41) is 2.90. The van der Waals surface area contributed by atoms with Crippen LogP contribution in [0.2, 0.25) is 0 Å². The van der Waals surface area contributed by atoms with Gasteiger partial charge >= 0.3 is 0 Å². The first-order valence-corrected chi connectivity index (χ1v) is 9.39. The van der Waals surface area contributed by atoms with Gasteiger partial charge in [-0.3, -0.25) is 9.59 Å². The van der Waals surface area contributed by atoms with Gasteiger partial charge in [-0.25, -0.2) is 0 Å². The molecule has 6 heteroatoms. The van der Waals surface area contributed by atoms with Crippen LogP contribution < -0.4 is 5.32 Å². The minimum Gasteiger partial charge on any atom is -0.324 e. The van der Waals surface area contributed by atoms with Crippen LogP contribution in [0.1, 0.15) is 10.4 Å². The summed E-state index contributed by atoms with van der Waals surface area (Å²) in [7, 11) is 0. The zero-order valence-electron chi connectivity index (χ0n) is 12.2. The SMILES string of the molecule is O=C(Nc1ccc(I)cc1)[C@@H]1CSCN1C(=O)c1ccccc1. The van der Waals surface area contributed by atoms with Crippen molar-refractivity contribution in [1.29, 1.82) is 0 Å². The fourth-order valence-corrected chi connectivity index (χ4v) is 3.88. The summed E-state index contributed by atoms with van der Waals surface area (Å²) in [6.45, 7) is 0. The average Bonchev–Trinajstić information content (AvgIpc) is 3.07. The third-order valence-electron chi connectivity index (χ3n) is 3.58. The first-order valence-electron chi connectivity index (χ1n) is 7.15. The van der Waals surface area contributed by atoms with Crippen LogP contribution in [0, 0.1) is 3.57 Å². The Bertz CT molecular complexity index is 706. The summed E-state index contributed by atoms with van der Waals surface area (Å²) in [4.78, 5) is 26.8. The van der Waals surface area contributed by atoms with E-state index in [2.05, 4.69) is 27.9 Å². The van der Waals surface area contributed by atoms with Gasteiger partial charge in [0.1, 0.15) is 6.04 Å². The molecule has 1 atom stereocenters. The number of rotatable bonds is 3. The molecule has 2 aromatic rings. The zero-order chi connectivity index (χ0) is 16.2. The van der Waals surface area contributed by atoms with E-state index < -0.39 is 6.04 Å². The number of thioether (sulfide) groups is 1. The highest BCUT2D eigenvalue weighted by Gasteiger charge is 2.35. The van der Waals surface area contributed by atoms with Crippen molar-refractivity contribution in [3.8, 4) is 0 Å². The van der Waals surface area contributed by atoms with Gasteiger partial charge in [0.25, 0.3) is 5.91 Å². The summed E-state index contributed by atoms with van der Waals surface area (Å²) >= 11 is 3.82. The van der Waals surface area contributed by atoms with E-state index in [9.17, 15) is 9.59 Å². The molecule has 1 saturated heterocycles. The lowest BCUT2D eigenvalue weighted by Crippen LogP contribution is -2.44. The van der Waals surface area contributed by atoms with Gasteiger partial charge in [0.2, 0.25) is 5.91 Å². The van der Waals surface area contributed by atoms with Gasteiger partial charge in [0.15, 0.2) is 0 Å². The smallest absolute Gasteiger partial charge is 0.255 e. The number of nitrogens with one attached hydrogen (secondary N) is 1. The molecule has 0 aromatic heterocycles. The van der Waals surface area contributed by atoms with Crippen molar-refractivity contribution in [2.75, 3.05) is 16.9 Å². The lowest BCUT2D eigenvalue weighted by atomic mass is 10.1. The second-order valence-corrected chi connectivity index (χ2v) is 7.40. The number of halogens is 1. The second-order valence-electron chi connectivity index (χ2n) is 5.15. The molecule has 0 bridgehead atoms. The summed E-state index contributed by atoms with van der Waals surface area (Å²) in [6.07, 6.45) is 0. The first-order chi connectivity index (χ1) is 11.1. The van der Waals surface area contributed by atoms with E-state index in [1.165, 1.54) is 0 Å². The molecule has 0 unspecified atom stereocenters. The molecule has 1 N–H and O–H groups in total. The molecule has 0 radical (unpaired) electrons. The molecule has 0 saturated carbocycles. The van der Waals surface area contributed by atoms with Crippen LogP contribution >= 0.6 is 34.4 Å². The Kier molecular flexibility index (Phi) is 5.22. The summed E-state index contributed by atoms with van der Waals surface area (Å²) in [6, 6.07) is 16.3. The highest BCUT2D eigenvalue weighted by molar-refractivity contribution is 14.1. The molecular weight excluding hydrogens is 423 g/mol. The van der Waals surface area contributed by atoms with Crippen LogP contribution in [0.25, 0.3) is 0 Å². The van der Waals surface area contributed by atoms with Crippen LogP contribution in [0.5, 0.6) is 0 Å². The number of amides is 2. The Morgan fingerprint density at radius 3 is 2.48 bits per heavy atom. The highest BCUT2D eigenvalue weighted by atomic mass is 127. The molecule has 3 rings (SSSR count). The molecule has 1 heterocycles. The number of carbonyl (C=O) groups is 2. The van der Waals surface area contributed by atoms with E-state index in [0.717, 1.165) is 9.26 Å². The molecule has 1 aliphatic rings. The minimum absolute atomic E-state index is 0.0987.